The number of hydrogen-bond donors (Lipinski definition) is 2. The lowest BCUT2D eigenvalue weighted by molar-refractivity contribution is 0.544. The highest BCUT2D eigenvalue weighted by molar-refractivity contribution is 7.16. The molecule has 1 atom stereocenters. The minimum atomic E-state index is 0.117. The SMILES string of the molecule is c1nc2c([nH]1)CCNC2c1ccc2ccsc2n1. The maximum Gasteiger partial charge on any atom is 0.123 e. The van der Waals surface area contributed by atoms with Gasteiger partial charge in [0.05, 0.1) is 23.8 Å². The molecule has 5 heteroatoms. The van der Waals surface area contributed by atoms with Gasteiger partial charge in [0.25, 0.3) is 0 Å². The van der Waals surface area contributed by atoms with Crippen molar-refractivity contribution in [3.8, 4) is 0 Å². The fourth-order valence-corrected chi connectivity index (χ4v) is 3.26. The van der Waals surface area contributed by atoms with E-state index in [0.29, 0.717) is 0 Å². The van der Waals surface area contributed by atoms with E-state index in [1.165, 1.54) is 11.1 Å². The second kappa shape index (κ2) is 3.90. The van der Waals surface area contributed by atoms with Gasteiger partial charge in [-0.3, -0.25) is 0 Å². The monoisotopic (exact) mass is 256 g/mol. The van der Waals surface area contributed by atoms with Gasteiger partial charge in [0.2, 0.25) is 0 Å². The molecular weight excluding hydrogens is 244 g/mol. The van der Waals surface area contributed by atoms with Gasteiger partial charge in [-0.15, -0.1) is 11.3 Å². The van der Waals surface area contributed by atoms with Crippen molar-refractivity contribution in [3.05, 3.63) is 47.0 Å². The van der Waals surface area contributed by atoms with Gasteiger partial charge in [0.15, 0.2) is 0 Å². The number of H-pyrrole nitrogens is 1. The molecule has 0 fully saturated rings. The van der Waals surface area contributed by atoms with Gasteiger partial charge in [0, 0.05) is 24.0 Å². The van der Waals surface area contributed by atoms with Crippen LogP contribution in [0.3, 0.4) is 0 Å². The van der Waals surface area contributed by atoms with E-state index in [4.69, 9.17) is 4.98 Å². The molecule has 0 saturated heterocycles. The highest BCUT2D eigenvalue weighted by atomic mass is 32.1. The predicted molar refractivity (Wildman–Crippen MR) is 71.8 cm³/mol. The van der Waals surface area contributed by atoms with E-state index in [2.05, 4.69) is 38.9 Å². The highest BCUT2D eigenvalue weighted by Crippen LogP contribution is 2.27. The molecule has 0 saturated carbocycles. The number of aromatic amines is 1. The standard InChI is InChI=1S/C13H12N4S/c1-2-10(17-13-8(1)4-6-18-13)12-11-9(3-5-14-12)15-7-16-11/h1-2,4,6-7,12,14H,3,5H2,(H,15,16). The molecule has 90 valence electrons. The Morgan fingerprint density at radius 2 is 2.28 bits per heavy atom. The topological polar surface area (TPSA) is 53.6 Å². The minimum Gasteiger partial charge on any atom is -0.348 e. The zero-order valence-corrected chi connectivity index (χ0v) is 10.5. The molecule has 0 aliphatic carbocycles. The van der Waals surface area contributed by atoms with Gasteiger partial charge in [-0.2, -0.15) is 0 Å². The van der Waals surface area contributed by atoms with Crippen molar-refractivity contribution in [1.82, 2.24) is 20.3 Å². The summed E-state index contributed by atoms with van der Waals surface area (Å²) in [7, 11) is 0. The Morgan fingerprint density at radius 1 is 1.28 bits per heavy atom. The van der Waals surface area contributed by atoms with E-state index in [1.54, 1.807) is 17.7 Å². The van der Waals surface area contributed by atoms with Crippen LogP contribution in [0.4, 0.5) is 0 Å². The number of pyridine rings is 1. The molecule has 4 heterocycles. The van der Waals surface area contributed by atoms with Crippen molar-refractivity contribution in [2.75, 3.05) is 6.54 Å². The molecule has 4 nitrogen and oxygen atoms in total. The molecule has 4 rings (SSSR count). The second-order valence-corrected chi connectivity index (χ2v) is 5.35. The van der Waals surface area contributed by atoms with Crippen LogP contribution < -0.4 is 5.32 Å². The van der Waals surface area contributed by atoms with Crippen molar-refractivity contribution in [3.63, 3.8) is 0 Å². The van der Waals surface area contributed by atoms with E-state index < -0.39 is 0 Å². The summed E-state index contributed by atoms with van der Waals surface area (Å²) >= 11 is 1.68. The normalized spacial score (nSPS) is 19.0. The van der Waals surface area contributed by atoms with Crippen LogP contribution in [0, 0.1) is 0 Å². The van der Waals surface area contributed by atoms with Gasteiger partial charge in [-0.1, -0.05) is 6.07 Å². The molecule has 0 amide bonds. The lowest BCUT2D eigenvalue weighted by Crippen LogP contribution is -2.31. The van der Waals surface area contributed by atoms with Gasteiger partial charge in [-0.25, -0.2) is 9.97 Å². The van der Waals surface area contributed by atoms with Crippen molar-refractivity contribution < 1.29 is 0 Å². The van der Waals surface area contributed by atoms with Crippen LogP contribution >= 0.6 is 11.3 Å². The average molecular weight is 256 g/mol. The number of fused-ring (bicyclic) bond motifs is 2. The van der Waals surface area contributed by atoms with Crippen LogP contribution in [-0.2, 0) is 6.42 Å². The lowest BCUT2D eigenvalue weighted by atomic mass is 10.0. The van der Waals surface area contributed by atoms with Crippen LogP contribution in [0.25, 0.3) is 10.2 Å². The zero-order valence-electron chi connectivity index (χ0n) is 9.68. The Bertz CT molecular complexity index is 700. The van der Waals surface area contributed by atoms with Gasteiger partial charge < -0.3 is 10.3 Å². The number of nitrogens with zero attached hydrogens (tertiary/aromatic N) is 2. The number of imidazole rings is 1. The first-order valence-electron chi connectivity index (χ1n) is 6.01. The molecule has 0 spiro atoms. The Morgan fingerprint density at radius 3 is 3.28 bits per heavy atom. The lowest BCUT2D eigenvalue weighted by Gasteiger charge is -2.22. The van der Waals surface area contributed by atoms with Gasteiger partial charge in [-0.05, 0) is 17.5 Å². The van der Waals surface area contributed by atoms with E-state index >= 15 is 0 Å². The summed E-state index contributed by atoms with van der Waals surface area (Å²) in [5.41, 5.74) is 3.37. The number of rotatable bonds is 1. The van der Waals surface area contributed by atoms with Gasteiger partial charge >= 0.3 is 0 Å². The molecular formula is C13H12N4S. The number of nitrogens with one attached hydrogen (secondary N) is 2. The summed E-state index contributed by atoms with van der Waals surface area (Å²) in [6, 6.07) is 6.45. The third-order valence-electron chi connectivity index (χ3n) is 3.38. The molecule has 3 aromatic rings. The molecule has 0 aromatic carbocycles. The third-order valence-corrected chi connectivity index (χ3v) is 4.21. The van der Waals surface area contributed by atoms with Crippen LogP contribution in [0.1, 0.15) is 23.1 Å². The molecule has 3 aromatic heterocycles. The maximum atomic E-state index is 4.74. The zero-order chi connectivity index (χ0) is 11.9. The summed E-state index contributed by atoms with van der Waals surface area (Å²) in [5, 5.41) is 6.78. The first-order valence-corrected chi connectivity index (χ1v) is 6.89. The maximum absolute atomic E-state index is 4.74. The number of aromatic nitrogens is 3. The van der Waals surface area contributed by atoms with E-state index in [-0.39, 0.29) is 6.04 Å². The Kier molecular flexibility index (Phi) is 2.21. The number of hydrogen-bond acceptors (Lipinski definition) is 4. The summed E-state index contributed by atoms with van der Waals surface area (Å²) in [5.74, 6) is 0. The molecule has 0 radical (unpaired) electrons. The van der Waals surface area contributed by atoms with E-state index in [1.807, 2.05) is 0 Å². The summed E-state index contributed by atoms with van der Waals surface area (Å²) in [6.07, 6.45) is 2.78. The van der Waals surface area contributed by atoms with Crippen LogP contribution in [0.5, 0.6) is 0 Å². The van der Waals surface area contributed by atoms with Gasteiger partial charge in [0.1, 0.15) is 4.83 Å². The van der Waals surface area contributed by atoms with Crippen molar-refractivity contribution in [1.29, 1.82) is 0 Å². The first kappa shape index (κ1) is 10.2. The van der Waals surface area contributed by atoms with Crippen LogP contribution in [0.2, 0.25) is 0 Å². The minimum absolute atomic E-state index is 0.117. The molecule has 0 bridgehead atoms. The molecule has 1 aliphatic rings. The number of thiophene rings is 1. The molecule has 2 N–H and O–H groups in total. The summed E-state index contributed by atoms with van der Waals surface area (Å²) < 4.78 is 0. The third kappa shape index (κ3) is 1.48. The average Bonchev–Trinajstić information content (AvgIpc) is 3.05. The van der Waals surface area contributed by atoms with E-state index in [0.717, 1.165) is 29.2 Å². The van der Waals surface area contributed by atoms with E-state index in [9.17, 15) is 0 Å². The smallest absolute Gasteiger partial charge is 0.123 e. The van der Waals surface area contributed by atoms with Crippen molar-refractivity contribution in [2.45, 2.75) is 12.5 Å². The Hall–Kier alpha value is -1.72. The van der Waals surface area contributed by atoms with Crippen LogP contribution in [-0.4, -0.2) is 21.5 Å². The van der Waals surface area contributed by atoms with Crippen molar-refractivity contribution in [2.24, 2.45) is 0 Å². The summed E-state index contributed by atoms with van der Waals surface area (Å²) in [4.78, 5) is 13.5. The predicted octanol–water partition coefficient (Wildman–Crippen LogP) is 2.25. The molecule has 18 heavy (non-hydrogen) atoms. The fourth-order valence-electron chi connectivity index (χ4n) is 2.48. The quantitative estimate of drug-likeness (QED) is 0.702. The highest BCUT2D eigenvalue weighted by Gasteiger charge is 2.24. The van der Waals surface area contributed by atoms with Crippen LogP contribution in [0.15, 0.2) is 29.9 Å². The largest absolute Gasteiger partial charge is 0.348 e. The molecule has 1 aliphatic heterocycles. The molecule has 1 unspecified atom stereocenters. The van der Waals surface area contributed by atoms with Crippen molar-refractivity contribution >= 4 is 21.6 Å². The first-order chi connectivity index (χ1) is 8.92. The second-order valence-electron chi connectivity index (χ2n) is 4.45. The summed E-state index contributed by atoms with van der Waals surface area (Å²) in [6.45, 7) is 0.962. The Balaban J connectivity index is 1.84. The fraction of sp³-hybridized carbons (Fsp3) is 0.231. The Labute approximate surface area is 108 Å².